The van der Waals surface area contributed by atoms with Crippen molar-refractivity contribution in [2.75, 3.05) is 11.9 Å². The Morgan fingerprint density at radius 2 is 1.92 bits per heavy atom. The van der Waals surface area contributed by atoms with Gasteiger partial charge in [-0.25, -0.2) is 5.43 Å². The molecule has 0 atom stereocenters. The van der Waals surface area contributed by atoms with Crippen LogP contribution in [0.4, 0.5) is 5.69 Å². The van der Waals surface area contributed by atoms with Crippen LogP contribution in [0.25, 0.3) is 5.57 Å². The Balaban J connectivity index is 1.84. The molecular weight excluding hydrogens is 346 g/mol. The quantitative estimate of drug-likeness (QED) is 0.629. The number of carbonyl (C=O) groups is 1. The van der Waals surface area contributed by atoms with Crippen molar-refractivity contribution in [3.05, 3.63) is 70.3 Å². The number of rotatable bonds is 3. The lowest BCUT2D eigenvalue weighted by Crippen LogP contribution is -2.42. The van der Waals surface area contributed by atoms with Crippen LogP contribution in [0, 0.1) is 0 Å². The summed E-state index contributed by atoms with van der Waals surface area (Å²) in [5.41, 5.74) is 7.19. The molecule has 4 nitrogen and oxygen atoms in total. The summed E-state index contributed by atoms with van der Waals surface area (Å²) in [6, 6.07) is 12.9. The van der Waals surface area contributed by atoms with Gasteiger partial charge in [-0.3, -0.25) is 4.79 Å². The van der Waals surface area contributed by atoms with E-state index >= 15 is 0 Å². The zero-order chi connectivity index (χ0) is 18.9. The first-order valence-electron chi connectivity index (χ1n) is 8.45. The molecule has 5 heteroatoms. The van der Waals surface area contributed by atoms with Crippen LogP contribution in [0.1, 0.15) is 42.3 Å². The molecule has 0 spiro atoms. The first-order chi connectivity index (χ1) is 12.3. The van der Waals surface area contributed by atoms with Crippen LogP contribution < -0.4 is 10.3 Å². The minimum Gasteiger partial charge on any atom is -0.365 e. The summed E-state index contributed by atoms with van der Waals surface area (Å²) in [6.45, 7) is 6.43. The third-order valence-corrected chi connectivity index (χ3v) is 5.07. The van der Waals surface area contributed by atoms with Crippen LogP contribution in [0.5, 0.6) is 0 Å². The van der Waals surface area contributed by atoms with Gasteiger partial charge in [-0.1, -0.05) is 35.9 Å². The maximum absolute atomic E-state index is 12.0. The Morgan fingerprint density at radius 3 is 2.62 bits per heavy atom. The first-order valence-corrected chi connectivity index (χ1v) is 8.83. The molecule has 26 heavy (non-hydrogen) atoms. The van der Waals surface area contributed by atoms with E-state index in [1.54, 1.807) is 18.3 Å². The van der Waals surface area contributed by atoms with E-state index in [1.165, 1.54) is 5.57 Å². The van der Waals surface area contributed by atoms with Crippen molar-refractivity contribution in [1.29, 1.82) is 0 Å². The molecule has 0 aromatic heterocycles. The molecule has 0 fully saturated rings. The van der Waals surface area contributed by atoms with Crippen LogP contribution in [0.3, 0.4) is 0 Å². The molecule has 0 bridgehead atoms. The number of likely N-dealkylation sites (N-methyl/N-ethyl adjacent to an activating group) is 1. The molecule has 0 aliphatic carbocycles. The smallest absolute Gasteiger partial charge is 0.271 e. The average Bonchev–Trinajstić information content (AvgIpc) is 2.61. The topological polar surface area (TPSA) is 44.7 Å². The number of allylic oxidation sites excluding steroid dienone is 1. The number of carbonyl (C=O) groups excluding carboxylic acids is 1. The molecule has 134 valence electrons. The van der Waals surface area contributed by atoms with Gasteiger partial charge in [0.2, 0.25) is 0 Å². The highest BCUT2D eigenvalue weighted by atomic mass is 35.5. The van der Waals surface area contributed by atoms with Gasteiger partial charge < -0.3 is 4.90 Å². The lowest BCUT2D eigenvalue weighted by Gasteiger charge is -2.40. The van der Waals surface area contributed by atoms with E-state index in [1.807, 2.05) is 30.3 Å². The van der Waals surface area contributed by atoms with Crippen molar-refractivity contribution in [3.8, 4) is 0 Å². The van der Waals surface area contributed by atoms with Crippen molar-refractivity contribution in [2.24, 2.45) is 5.10 Å². The van der Waals surface area contributed by atoms with Crippen molar-refractivity contribution in [3.63, 3.8) is 0 Å². The highest BCUT2D eigenvalue weighted by Gasteiger charge is 2.29. The molecule has 0 radical (unpaired) electrons. The number of amides is 1. The summed E-state index contributed by atoms with van der Waals surface area (Å²) in [5, 5.41) is 4.65. The lowest BCUT2D eigenvalue weighted by atomic mass is 9.88. The fourth-order valence-electron chi connectivity index (χ4n) is 3.10. The fourth-order valence-corrected chi connectivity index (χ4v) is 3.31. The van der Waals surface area contributed by atoms with Gasteiger partial charge in [-0.05, 0) is 50.6 Å². The predicted molar refractivity (Wildman–Crippen MR) is 109 cm³/mol. The van der Waals surface area contributed by atoms with Crippen molar-refractivity contribution in [2.45, 2.75) is 26.3 Å². The van der Waals surface area contributed by atoms with E-state index in [9.17, 15) is 4.79 Å². The zero-order valence-electron chi connectivity index (χ0n) is 15.4. The summed E-state index contributed by atoms with van der Waals surface area (Å²) in [6.07, 6.45) is 3.82. The van der Waals surface area contributed by atoms with E-state index in [4.69, 9.17) is 11.6 Å². The minimum absolute atomic E-state index is 0.0698. The van der Waals surface area contributed by atoms with Gasteiger partial charge in [0.1, 0.15) is 0 Å². The third kappa shape index (κ3) is 3.51. The van der Waals surface area contributed by atoms with Crippen molar-refractivity contribution in [1.82, 2.24) is 5.43 Å². The summed E-state index contributed by atoms with van der Waals surface area (Å²) in [5.74, 6) is -0.256. The van der Waals surface area contributed by atoms with Gasteiger partial charge in [0.05, 0.1) is 16.8 Å². The van der Waals surface area contributed by atoms with Gasteiger partial charge in [0.15, 0.2) is 0 Å². The van der Waals surface area contributed by atoms with E-state index in [0.29, 0.717) is 10.6 Å². The van der Waals surface area contributed by atoms with Crippen LogP contribution in [0.2, 0.25) is 5.02 Å². The number of hydrogen-bond acceptors (Lipinski definition) is 3. The van der Waals surface area contributed by atoms with Crippen molar-refractivity contribution >= 4 is 35.0 Å². The highest BCUT2D eigenvalue weighted by molar-refractivity contribution is 6.33. The average molecular weight is 368 g/mol. The maximum Gasteiger partial charge on any atom is 0.271 e. The zero-order valence-corrected chi connectivity index (χ0v) is 16.1. The normalized spacial score (nSPS) is 15.6. The summed E-state index contributed by atoms with van der Waals surface area (Å²) < 4.78 is 0. The van der Waals surface area contributed by atoms with Gasteiger partial charge >= 0.3 is 0 Å². The number of benzene rings is 2. The number of anilines is 1. The number of halogens is 1. The second-order valence-corrected chi connectivity index (χ2v) is 7.40. The van der Waals surface area contributed by atoms with Gasteiger partial charge in [-0.2, -0.15) is 5.10 Å². The first kappa shape index (κ1) is 18.2. The molecule has 0 saturated carbocycles. The third-order valence-electron chi connectivity index (χ3n) is 4.74. The standard InChI is InChI=1S/C21H22ClN3O/c1-14-12-21(2,3)25(4)19-11-18(22)16(10-17(14)19)13-23-24-20(26)15-8-6-5-7-9-15/h5-13H,1-4H3,(H,24,26)/b23-13+. The fraction of sp³-hybridized carbons (Fsp3) is 0.238. The molecule has 0 saturated heterocycles. The maximum atomic E-state index is 12.0. The highest BCUT2D eigenvalue weighted by Crippen LogP contribution is 2.40. The van der Waals surface area contributed by atoms with Gasteiger partial charge in [0, 0.05) is 29.4 Å². The summed E-state index contributed by atoms with van der Waals surface area (Å²) in [7, 11) is 2.06. The summed E-state index contributed by atoms with van der Waals surface area (Å²) in [4.78, 5) is 14.3. The largest absolute Gasteiger partial charge is 0.365 e. The Morgan fingerprint density at radius 1 is 1.23 bits per heavy atom. The van der Waals surface area contributed by atoms with Crippen molar-refractivity contribution < 1.29 is 4.79 Å². The molecule has 1 aliphatic rings. The molecular formula is C21H22ClN3O. The van der Waals surface area contributed by atoms with Crippen LogP contribution in [0.15, 0.2) is 53.6 Å². The Bertz CT molecular complexity index is 901. The summed E-state index contributed by atoms with van der Waals surface area (Å²) >= 11 is 6.45. The molecule has 0 unspecified atom stereocenters. The Hall–Kier alpha value is -2.59. The molecule has 1 N–H and O–H groups in total. The molecule has 3 rings (SSSR count). The SMILES string of the molecule is CC1=CC(C)(C)N(C)c2cc(Cl)c(/C=N/NC(=O)c3ccccc3)cc21. The minimum atomic E-state index is -0.256. The van der Waals surface area contributed by atoms with Crippen LogP contribution in [-0.2, 0) is 0 Å². The molecule has 1 heterocycles. The Labute approximate surface area is 159 Å². The molecule has 1 amide bonds. The van der Waals surface area contributed by atoms with E-state index < -0.39 is 0 Å². The van der Waals surface area contributed by atoms with E-state index in [0.717, 1.165) is 16.8 Å². The number of hydrazone groups is 1. The number of nitrogens with one attached hydrogen (secondary N) is 1. The number of fused-ring (bicyclic) bond motifs is 1. The second-order valence-electron chi connectivity index (χ2n) is 7.00. The lowest BCUT2D eigenvalue weighted by molar-refractivity contribution is 0.0955. The van der Waals surface area contributed by atoms with Crippen LogP contribution >= 0.6 is 11.6 Å². The predicted octanol–water partition coefficient (Wildman–Crippen LogP) is 4.74. The number of hydrogen-bond donors (Lipinski definition) is 1. The van der Waals surface area contributed by atoms with E-state index in [2.05, 4.69) is 49.3 Å². The monoisotopic (exact) mass is 367 g/mol. The second kappa shape index (κ2) is 6.96. The van der Waals surface area contributed by atoms with Crippen LogP contribution in [-0.4, -0.2) is 24.7 Å². The molecule has 2 aromatic rings. The van der Waals surface area contributed by atoms with Gasteiger partial charge in [0.25, 0.3) is 5.91 Å². The molecule has 2 aromatic carbocycles. The molecule has 1 aliphatic heterocycles. The number of nitrogens with zero attached hydrogens (tertiary/aromatic N) is 2. The van der Waals surface area contributed by atoms with Gasteiger partial charge in [-0.15, -0.1) is 0 Å². The Kier molecular flexibility index (Phi) is 4.88. The van der Waals surface area contributed by atoms with E-state index in [-0.39, 0.29) is 11.4 Å².